The Hall–Kier alpha value is -2.09. The van der Waals surface area contributed by atoms with Gasteiger partial charge in [0.15, 0.2) is 0 Å². The molecule has 1 amide bonds. The topological polar surface area (TPSA) is 43.1 Å². The molecule has 3 rings (SSSR count). The highest BCUT2D eigenvalue weighted by Gasteiger charge is 2.17. The van der Waals surface area contributed by atoms with Crippen LogP contribution in [-0.4, -0.2) is 5.91 Å². The largest absolute Gasteiger partial charge is 0.366 e. The van der Waals surface area contributed by atoms with Crippen LogP contribution >= 0.6 is 0 Å². The predicted octanol–water partition coefficient (Wildman–Crippen LogP) is 4.11. The number of primary amides is 1. The van der Waals surface area contributed by atoms with E-state index >= 15 is 0 Å². The van der Waals surface area contributed by atoms with Crippen molar-refractivity contribution in [2.45, 2.75) is 31.6 Å². The van der Waals surface area contributed by atoms with E-state index < -0.39 is 0 Å². The number of hydrogen-bond donors (Lipinski definition) is 1. The lowest BCUT2D eigenvalue weighted by Crippen LogP contribution is -2.12. The normalized spacial score (nSPS) is 15.4. The van der Waals surface area contributed by atoms with Crippen molar-refractivity contribution in [1.29, 1.82) is 0 Å². The highest BCUT2D eigenvalue weighted by molar-refractivity contribution is 5.99. The number of carbonyl (C=O) groups is 1. The first-order chi connectivity index (χ1) is 9.75. The minimum absolute atomic E-state index is 0.375. The van der Waals surface area contributed by atoms with Crippen LogP contribution in [0.25, 0.3) is 11.1 Å². The fourth-order valence-electron chi connectivity index (χ4n) is 3.14. The summed E-state index contributed by atoms with van der Waals surface area (Å²) >= 11 is 0. The van der Waals surface area contributed by atoms with Gasteiger partial charge < -0.3 is 5.73 Å². The van der Waals surface area contributed by atoms with Crippen molar-refractivity contribution >= 4 is 5.91 Å². The van der Waals surface area contributed by atoms with Crippen LogP contribution in [0.15, 0.2) is 48.5 Å². The van der Waals surface area contributed by atoms with Gasteiger partial charge in [-0.3, -0.25) is 4.79 Å². The molecule has 1 aliphatic carbocycles. The molecule has 0 radical (unpaired) electrons. The fourth-order valence-corrected chi connectivity index (χ4v) is 3.14. The molecular formula is C18H19NO. The second-order valence-corrected chi connectivity index (χ2v) is 5.51. The van der Waals surface area contributed by atoms with Crippen LogP contribution in [0.3, 0.4) is 0 Å². The molecule has 1 fully saturated rings. The Morgan fingerprint density at radius 2 is 1.60 bits per heavy atom. The van der Waals surface area contributed by atoms with E-state index in [1.807, 2.05) is 18.2 Å². The van der Waals surface area contributed by atoms with Gasteiger partial charge in [-0.25, -0.2) is 0 Å². The third-order valence-electron chi connectivity index (χ3n) is 4.24. The van der Waals surface area contributed by atoms with Crippen LogP contribution in [0.1, 0.15) is 47.5 Å². The lowest BCUT2D eigenvalue weighted by Gasteiger charge is -2.11. The first-order valence-corrected chi connectivity index (χ1v) is 7.25. The highest BCUT2D eigenvalue weighted by atomic mass is 16.1. The molecule has 0 aromatic heterocycles. The molecule has 0 spiro atoms. The van der Waals surface area contributed by atoms with E-state index in [-0.39, 0.29) is 5.91 Å². The molecule has 102 valence electrons. The van der Waals surface area contributed by atoms with Gasteiger partial charge in [-0.1, -0.05) is 55.3 Å². The zero-order valence-corrected chi connectivity index (χ0v) is 11.5. The summed E-state index contributed by atoms with van der Waals surface area (Å²) in [5, 5.41) is 0. The summed E-state index contributed by atoms with van der Waals surface area (Å²) in [5.74, 6) is 0.343. The lowest BCUT2D eigenvalue weighted by atomic mass is 9.93. The molecule has 0 unspecified atom stereocenters. The van der Waals surface area contributed by atoms with Gasteiger partial charge >= 0.3 is 0 Å². The molecule has 0 saturated heterocycles. The number of hydrogen-bond acceptors (Lipinski definition) is 1. The fraction of sp³-hybridized carbons (Fsp3) is 0.278. The summed E-state index contributed by atoms with van der Waals surface area (Å²) < 4.78 is 0. The van der Waals surface area contributed by atoms with Crippen molar-refractivity contribution in [3.63, 3.8) is 0 Å². The monoisotopic (exact) mass is 265 g/mol. The third kappa shape index (κ3) is 2.46. The van der Waals surface area contributed by atoms with Crippen molar-refractivity contribution in [3.05, 3.63) is 59.7 Å². The van der Waals surface area contributed by atoms with Crippen LogP contribution < -0.4 is 5.73 Å². The second-order valence-electron chi connectivity index (χ2n) is 5.51. The molecule has 0 aliphatic heterocycles. The van der Waals surface area contributed by atoms with Gasteiger partial charge in [0.1, 0.15) is 0 Å². The Morgan fingerprint density at radius 1 is 0.950 bits per heavy atom. The summed E-state index contributed by atoms with van der Waals surface area (Å²) in [5.41, 5.74) is 9.42. The third-order valence-corrected chi connectivity index (χ3v) is 4.24. The van der Waals surface area contributed by atoms with Crippen LogP contribution in [0.4, 0.5) is 0 Å². The van der Waals surface area contributed by atoms with E-state index in [0.717, 1.165) is 17.0 Å². The van der Waals surface area contributed by atoms with Crippen molar-refractivity contribution in [3.8, 4) is 11.1 Å². The SMILES string of the molecule is NC(=O)c1ccccc1-c1ccc(C2CCCC2)cc1. The van der Waals surface area contributed by atoms with Gasteiger partial charge in [-0.2, -0.15) is 0 Å². The van der Waals surface area contributed by atoms with Crippen molar-refractivity contribution in [1.82, 2.24) is 0 Å². The van der Waals surface area contributed by atoms with Gasteiger partial charge in [0.05, 0.1) is 0 Å². The quantitative estimate of drug-likeness (QED) is 0.891. The van der Waals surface area contributed by atoms with E-state index in [2.05, 4.69) is 24.3 Å². The van der Waals surface area contributed by atoms with Gasteiger partial charge in [0.25, 0.3) is 0 Å². The van der Waals surface area contributed by atoms with Gasteiger partial charge in [-0.15, -0.1) is 0 Å². The van der Waals surface area contributed by atoms with Crippen molar-refractivity contribution < 1.29 is 4.79 Å². The number of benzene rings is 2. The average molecular weight is 265 g/mol. The number of rotatable bonds is 3. The summed E-state index contributed by atoms with van der Waals surface area (Å²) in [4.78, 5) is 11.5. The Bertz CT molecular complexity index is 610. The lowest BCUT2D eigenvalue weighted by molar-refractivity contribution is 0.100. The van der Waals surface area contributed by atoms with Gasteiger partial charge in [0, 0.05) is 5.56 Å². The van der Waals surface area contributed by atoms with E-state index in [9.17, 15) is 4.79 Å². The molecule has 0 heterocycles. The maximum absolute atomic E-state index is 11.5. The Labute approximate surface area is 119 Å². The van der Waals surface area contributed by atoms with Crippen molar-refractivity contribution in [2.75, 3.05) is 0 Å². The molecular weight excluding hydrogens is 246 g/mol. The Kier molecular flexibility index (Phi) is 3.55. The summed E-state index contributed by atoms with van der Waals surface area (Å²) in [7, 11) is 0. The minimum Gasteiger partial charge on any atom is -0.366 e. The zero-order chi connectivity index (χ0) is 13.9. The summed E-state index contributed by atoms with van der Waals surface area (Å²) in [6, 6.07) is 16.1. The predicted molar refractivity (Wildman–Crippen MR) is 81.6 cm³/mol. The first kappa shape index (κ1) is 12.9. The molecule has 2 aromatic carbocycles. The number of amides is 1. The van der Waals surface area contributed by atoms with Gasteiger partial charge in [-0.05, 0) is 41.5 Å². The van der Waals surface area contributed by atoms with Crippen LogP contribution in [0.2, 0.25) is 0 Å². The van der Waals surface area contributed by atoms with Crippen molar-refractivity contribution in [2.24, 2.45) is 5.73 Å². The summed E-state index contributed by atoms with van der Waals surface area (Å²) in [6.45, 7) is 0. The molecule has 2 heteroatoms. The Balaban J connectivity index is 1.93. The maximum Gasteiger partial charge on any atom is 0.249 e. The maximum atomic E-state index is 11.5. The molecule has 2 N–H and O–H groups in total. The van der Waals surface area contributed by atoms with Gasteiger partial charge in [0.2, 0.25) is 5.91 Å². The van der Waals surface area contributed by atoms with Crippen LogP contribution in [-0.2, 0) is 0 Å². The second kappa shape index (κ2) is 5.49. The molecule has 2 nitrogen and oxygen atoms in total. The molecule has 20 heavy (non-hydrogen) atoms. The average Bonchev–Trinajstić information content (AvgIpc) is 3.02. The van der Waals surface area contributed by atoms with E-state index in [1.54, 1.807) is 6.07 Å². The van der Waals surface area contributed by atoms with Crippen LogP contribution in [0, 0.1) is 0 Å². The molecule has 1 saturated carbocycles. The minimum atomic E-state index is -0.375. The standard InChI is InChI=1S/C18H19NO/c19-18(20)17-8-4-3-7-16(17)15-11-9-14(10-12-15)13-5-1-2-6-13/h3-4,7-13H,1-2,5-6H2,(H2,19,20). The van der Waals surface area contributed by atoms with E-state index in [0.29, 0.717) is 5.56 Å². The number of carbonyl (C=O) groups excluding carboxylic acids is 1. The molecule has 2 aromatic rings. The first-order valence-electron chi connectivity index (χ1n) is 7.25. The number of nitrogens with two attached hydrogens (primary N) is 1. The smallest absolute Gasteiger partial charge is 0.249 e. The van der Waals surface area contributed by atoms with Crippen LogP contribution in [0.5, 0.6) is 0 Å². The highest BCUT2D eigenvalue weighted by Crippen LogP contribution is 2.35. The van der Waals surface area contributed by atoms with E-state index in [1.165, 1.54) is 31.2 Å². The molecule has 0 bridgehead atoms. The Morgan fingerprint density at radius 3 is 2.25 bits per heavy atom. The molecule has 0 atom stereocenters. The molecule has 1 aliphatic rings. The zero-order valence-electron chi connectivity index (χ0n) is 11.5. The van der Waals surface area contributed by atoms with E-state index in [4.69, 9.17) is 5.73 Å². The summed E-state index contributed by atoms with van der Waals surface area (Å²) in [6.07, 6.45) is 5.29.